The largest absolute Gasteiger partial charge is 0.0854 e. The predicted molar refractivity (Wildman–Crippen MR) is 29.2 cm³/mol. The van der Waals surface area contributed by atoms with Crippen molar-refractivity contribution in [2.75, 3.05) is 5.75 Å². The zero-order valence-corrected chi connectivity index (χ0v) is 9.14. The maximum atomic E-state index is 2.16. The van der Waals surface area contributed by atoms with Gasteiger partial charge < -0.3 is 0 Å². The van der Waals surface area contributed by atoms with E-state index in [1.54, 1.807) is 0 Å². The number of hydrogen-bond acceptors (Lipinski definition) is 2. The van der Waals surface area contributed by atoms with E-state index < -0.39 is 0 Å². The molecule has 0 aromatic heterocycles. The third kappa shape index (κ3) is 5.69. The van der Waals surface area contributed by atoms with Crippen LogP contribution in [0.15, 0.2) is 11.5 Å². The van der Waals surface area contributed by atoms with E-state index in [2.05, 4.69) is 11.5 Å². The smallest absolute Gasteiger partial charge is 0.0229 e. The summed E-state index contributed by atoms with van der Waals surface area (Å²) in [6, 6.07) is 0. The topological polar surface area (TPSA) is 0 Å². The van der Waals surface area contributed by atoms with Crippen LogP contribution in [0.4, 0.5) is 0 Å². The fourth-order valence-corrected chi connectivity index (χ4v) is 1.77. The minimum Gasteiger partial charge on any atom is -0.0854 e. The minimum absolute atomic E-state index is 0. The molecule has 0 nitrogen and oxygen atoms in total. The van der Waals surface area contributed by atoms with Crippen LogP contribution in [-0.4, -0.2) is 5.75 Å². The van der Waals surface area contributed by atoms with Crippen molar-refractivity contribution >= 4 is 21.6 Å². The van der Waals surface area contributed by atoms with Crippen molar-refractivity contribution in [1.29, 1.82) is 0 Å². The third-order valence-electron chi connectivity index (χ3n) is 0.384. The zero-order chi connectivity index (χ0) is 3.54. The SMILES string of the molecule is C1=CSSC1.[Mo].[Mo]. The number of hydrogen-bond donors (Lipinski definition) is 0. The molecule has 0 N–H and O–H groups in total. The van der Waals surface area contributed by atoms with Gasteiger partial charge in [0.25, 0.3) is 0 Å². The van der Waals surface area contributed by atoms with Crippen LogP contribution >= 0.6 is 21.6 Å². The summed E-state index contributed by atoms with van der Waals surface area (Å²) in [5.74, 6) is 1.20. The average molecular weight is 296 g/mol. The molecular formula is C3H4Mo2S2. The van der Waals surface area contributed by atoms with Crippen molar-refractivity contribution in [3.63, 3.8) is 0 Å². The van der Waals surface area contributed by atoms with Gasteiger partial charge in [0.1, 0.15) is 0 Å². The van der Waals surface area contributed by atoms with E-state index in [0.29, 0.717) is 0 Å². The molecule has 40 valence electrons. The van der Waals surface area contributed by atoms with Crippen LogP contribution in [0.25, 0.3) is 0 Å². The van der Waals surface area contributed by atoms with Gasteiger partial charge in [0.15, 0.2) is 0 Å². The van der Waals surface area contributed by atoms with E-state index in [1.165, 1.54) is 5.75 Å². The van der Waals surface area contributed by atoms with Gasteiger partial charge in [0.05, 0.1) is 0 Å². The molecule has 4 heteroatoms. The molecule has 0 amide bonds. The van der Waals surface area contributed by atoms with Crippen LogP contribution in [0.5, 0.6) is 0 Å². The van der Waals surface area contributed by atoms with Crippen LogP contribution in [-0.2, 0) is 42.1 Å². The maximum Gasteiger partial charge on any atom is 0.0229 e. The Labute approximate surface area is 80.2 Å². The molecule has 0 atom stereocenters. The zero-order valence-electron chi connectivity index (χ0n) is 3.49. The molecule has 0 spiro atoms. The van der Waals surface area contributed by atoms with Crippen LogP contribution in [0, 0.1) is 0 Å². The van der Waals surface area contributed by atoms with Gasteiger partial charge in [-0.05, 0) is 5.41 Å². The van der Waals surface area contributed by atoms with Crippen molar-refractivity contribution in [1.82, 2.24) is 0 Å². The molecule has 0 aliphatic carbocycles. The quantitative estimate of drug-likeness (QED) is 0.494. The van der Waals surface area contributed by atoms with Gasteiger partial charge in [-0.1, -0.05) is 27.7 Å². The fraction of sp³-hybridized carbons (Fsp3) is 0.333. The second-order valence-electron chi connectivity index (χ2n) is 0.753. The summed E-state index contributed by atoms with van der Waals surface area (Å²) >= 11 is 0. The summed E-state index contributed by atoms with van der Waals surface area (Å²) in [4.78, 5) is 0. The molecule has 7 heavy (non-hydrogen) atoms. The van der Waals surface area contributed by atoms with E-state index in [0.717, 1.165) is 0 Å². The Hall–Kier alpha value is 1.82. The summed E-state index contributed by atoms with van der Waals surface area (Å²) < 4.78 is 0. The molecule has 1 aliphatic rings. The van der Waals surface area contributed by atoms with E-state index in [4.69, 9.17) is 0 Å². The molecule has 0 aromatic rings. The molecule has 0 saturated carbocycles. The summed E-state index contributed by atoms with van der Waals surface area (Å²) in [6.07, 6.45) is 2.16. The third-order valence-corrected chi connectivity index (χ3v) is 2.30. The van der Waals surface area contributed by atoms with E-state index in [1.807, 2.05) is 21.6 Å². The van der Waals surface area contributed by atoms with Crippen LogP contribution in [0.3, 0.4) is 0 Å². The van der Waals surface area contributed by atoms with Gasteiger partial charge in [-0.15, -0.1) is 0 Å². The van der Waals surface area contributed by atoms with Gasteiger partial charge >= 0.3 is 0 Å². The summed E-state index contributed by atoms with van der Waals surface area (Å²) in [6.45, 7) is 0. The minimum atomic E-state index is 0. The van der Waals surface area contributed by atoms with Gasteiger partial charge in [-0.3, -0.25) is 0 Å². The van der Waals surface area contributed by atoms with Crippen LogP contribution < -0.4 is 0 Å². The Kier molecular flexibility index (Phi) is 12.9. The summed E-state index contributed by atoms with van der Waals surface area (Å²) in [5, 5.41) is 2.12. The first-order valence-corrected chi connectivity index (χ1v) is 3.81. The molecule has 0 bridgehead atoms. The Morgan fingerprint density at radius 1 is 1.29 bits per heavy atom. The molecule has 1 aliphatic heterocycles. The van der Waals surface area contributed by atoms with Crippen molar-refractivity contribution < 1.29 is 42.1 Å². The molecule has 0 fully saturated rings. The standard InChI is InChI=1S/C3H4S2.2Mo/c1-2-4-5-3-1;;/h1-2H,3H2;;. The van der Waals surface area contributed by atoms with Crippen molar-refractivity contribution in [3.05, 3.63) is 11.5 Å². The van der Waals surface area contributed by atoms with E-state index in [9.17, 15) is 0 Å². The Morgan fingerprint density at radius 2 is 2.00 bits per heavy atom. The molecule has 0 radical (unpaired) electrons. The van der Waals surface area contributed by atoms with E-state index >= 15 is 0 Å². The average Bonchev–Trinajstić information content (AvgIpc) is 1.76. The molecule has 1 heterocycles. The van der Waals surface area contributed by atoms with Crippen molar-refractivity contribution in [3.8, 4) is 0 Å². The van der Waals surface area contributed by atoms with Crippen LogP contribution in [0.1, 0.15) is 0 Å². The van der Waals surface area contributed by atoms with Gasteiger partial charge in [-0.25, -0.2) is 0 Å². The first-order valence-electron chi connectivity index (χ1n) is 1.43. The Balaban J connectivity index is 0. The van der Waals surface area contributed by atoms with Gasteiger partial charge in [0.2, 0.25) is 0 Å². The van der Waals surface area contributed by atoms with E-state index in [-0.39, 0.29) is 42.1 Å². The van der Waals surface area contributed by atoms with Crippen molar-refractivity contribution in [2.45, 2.75) is 0 Å². The molecule has 0 saturated heterocycles. The monoisotopic (exact) mass is 300 g/mol. The second kappa shape index (κ2) is 7.82. The first kappa shape index (κ1) is 11.6. The normalized spacial score (nSPS) is 14.9. The van der Waals surface area contributed by atoms with Gasteiger partial charge in [0, 0.05) is 47.9 Å². The molecule has 1 rings (SSSR count). The first-order chi connectivity index (χ1) is 2.50. The summed E-state index contributed by atoms with van der Waals surface area (Å²) in [5.41, 5.74) is 0. The Morgan fingerprint density at radius 3 is 2.14 bits per heavy atom. The molecule has 0 unspecified atom stereocenters. The number of rotatable bonds is 0. The summed E-state index contributed by atoms with van der Waals surface area (Å²) in [7, 11) is 3.69. The predicted octanol–water partition coefficient (Wildman–Crippen LogP) is 1.89. The maximum absolute atomic E-state index is 2.16. The van der Waals surface area contributed by atoms with Crippen molar-refractivity contribution in [2.24, 2.45) is 0 Å². The second-order valence-corrected chi connectivity index (χ2v) is 3.07. The van der Waals surface area contributed by atoms with Gasteiger partial charge in [-0.2, -0.15) is 0 Å². The van der Waals surface area contributed by atoms with Crippen LogP contribution in [0.2, 0.25) is 0 Å². The fourth-order valence-electron chi connectivity index (χ4n) is 0.196. The Bertz CT molecular complexity index is 48.9. The molecule has 0 aromatic carbocycles. The molecular weight excluding hydrogens is 292 g/mol.